The zero-order chi connectivity index (χ0) is 17.2. The van der Waals surface area contributed by atoms with E-state index >= 15 is 0 Å². The average Bonchev–Trinajstić information content (AvgIpc) is 2.82. The van der Waals surface area contributed by atoms with Gasteiger partial charge in [0.2, 0.25) is 5.16 Å². The molecule has 2 aromatic rings. The Morgan fingerprint density at radius 3 is 2.65 bits per heavy atom. The molecule has 1 heterocycles. The molecule has 23 heavy (non-hydrogen) atoms. The van der Waals surface area contributed by atoms with Crippen molar-refractivity contribution in [2.45, 2.75) is 23.2 Å². The van der Waals surface area contributed by atoms with Gasteiger partial charge >= 0.3 is 12.1 Å². The van der Waals surface area contributed by atoms with Gasteiger partial charge in [-0.25, -0.2) is 9.47 Å². The highest BCUT2D eigenvalue weighted by atomic mass is 32.2. The Morgan fingerprint density at radius 2 is 2.09 bits per heavy atom. The van der Waals surface area contributed by atoms with E-state index in [-0.39, 0.29) is 17.3 Å². The van der Waals surface area contributed by atoms with Crippen molar-refractivity contribution in [2.75, 3.05) is 18.2 Å². The summed E-state index contributed by atoms with van der Waals surface area (Å²) in [5.41, 5.74) is 6.04. The first-order valence-corrected chi connectivity index (χ1v) is 7.08. The minimum Gasteiger partial charge on any atom is -0.462 e. The molecule has 0 bridgehead atoms. The second-order valence-electron chi connectivity index (χ2n) is 4.25. The Morgan fingerprint density at radius 1 is 1.39 bits per heavy atom. The molecule has 124 valence electrons. The van der Waals surface area contributed by atoms with Crippen LogP contribution < -0.4 is 11.6 Å². The van der Waals surface area contributed by atoms with E-state index in [0.29, 0.717) is 15.3 Å². The Bertz CT molecular complexity index is 732. The third-order valence-electron chi connectivity index (χ3n) is 2.62. The molecule has 0 aliphatic heterocycles. The van der Waals surface area contributed by atoms with Gasteiger partial charge in [0.05, 0.1) is 12.2 Å². The normalized spacial score (nSPS) is 11.5. The van der Waals surface area contributed by atoms with Crippen LogP contribution in [0.15, 0.2) is 28.3 Å². The molecule has 0 atom stereocenters. The molecular formula is C12H12F3N5O2S. The first-order chi connectivity index (χ1) is 10.7. The summed E-state index contributed by atoms with van der Waals surface area (Å²) in [6.07, 6.45) is -4.73. The number of nitrogen functional groups attached to an aromatic ring is 2. The molecule has 11 heteroatoms. The molecule has 0 aliphatic rings. The number of aromatic nitrogens is 3. The summed E-state index contributed by atoms with van der Waals surface area (Å²) >= 11 is 0.749. The molecule has 0 saturated carbocycles. The number of benzene rings is 1. The molecule has 7 nitrogen and oxygen atoms in total. The summed E-state index contributed by atoms with van der Waals surface area (Å²) in [4.78, 5) is 12.2. The number of hydrogen-bond donors (Lipinski definition) is 2. The van der Waals surface area contributed by atoms with E-state index in [4.69, 9.17) is 16.3 Å². The molecule has 0 amide bonds. The van der Waals surface area contributed by atoms with Crippen molar-refractivity contribution < 1.29 is 22.7 Å². The van der Waals surface area contributed by atoms with Gasteiger partial charge in [0.1, 0.15) is 0 Å². The van der Waals surface area contributed by atoms with Crippen LogP contribution in [0.2, 0.25) is 0 Å². The standard InChI is InChI=1S/C12H12F3N5O2S/c1-2-22-9(21)7-5-6(16)3-4-8(7)23-11-19-18-10(20(11)17)12(13,14)15/h3-5H,2,16-17H2,1H3. The van der Waals surface area contributed by atoms with Crippen LogP contribution in [0, 0.1) is 0 Å². The zero-order valence-electron chi connectivity index (χ0n) is 11.8. The topological polar surface area (TPSA) is 109 Å². The number of alkyl halides is 3. The minimum atomic E-state index is -4.73. The monoisotopic (exact) mass is 347 g/mol. The quantitative estimate of drug-likeness (QED) is 0.494. The van der Waals surface area contributed by atoms with E-state index in [9.17, 15) is 18.0 Å². The Balaban J connectivity index is 2.38. The molecule has 1 aromatic carbocycles. The van der Waals surface area contributed by atoms with Crippen LogP contribution in [0.25, 0.3) is 0 Å². The van der Waals surface area contributed by atoms with Gasteiger partial charge < -0.3 is 16.3 Å². The van der Waals surface area contributed by atoms with Gasteiger partial charge in [-0.15, -0.1) is 10.2 Å². The van der Waals surface area contributed by atoms with E-state index in [1.807, 2.05) is 0 Å². The van der Waals surface area contributed by atoms with Crippen molar-refractivity contribution in [3.63, 3.8) is 0 Å². The third-order valence-corrected chi connectivity index (χ3v) is 3.66. The number of carbonyl (C=O) groups is 1. The Kier molecular flexibility index (Phi) is 4.68. The fourth-order valence-corrected chi connectivity index (χ4v) is 2.49. The highest BCUT2D eigenvalue weighted by Crippen LogP contribution is 2.33. The van der Waals surface area contributed by atoms with Crippen LogP contribution in [-0.2, 0) is 10.9 Å². The van der Waals surface area contributed by atoms with Gasteiger partial charge in [-0.2, -0.15) is 13.2 Å². The van der Waals surface area contributed by atoms with Crippen LogP contribution in [0.1, 0.15) is 23.1 Å². The molecular weight excluding hydrogens is 335 g/mol. The van der Waals surface area contributed by atoms with Gasteiger partial charge in [-0.1, -0.05) is 0 Å². The summed E-state index contributed by atoms with van der Waals surface area (Å²) in [7, 11) is 0. The number of nitrogens with zero attached hydrogens (tertiary/aromatic N) is 3. The van der Waals surface area contributed by atoms with Crippen molar-refractivity contribution in [3.05, 3.63) is 29.6 Å². The molecule has 0 unspecified atom stereocenters. The maximum atomic E-state index is 12.7. The lowest BCUT2D eigenvalue weighted by molar-refractivity contribution is -0.146. The summed E-state index contributed by atoms with van der Waals surface area (Å²) in [6, 6.07) is 4.32. The molecule has 0 fully saturated rings. The number of ether oxygens (including phenoxy) is 1. The average molecular weight is 347 g/mol. The van der Waals surface area contributed by atoms with Gasteiger partial charge in [0.25, 0.3) is 5.82 Å². The summed E-state index contributed by atoms with van der Waals surface area (Å²) in [5, 5.41) is 6.18. The minimum absolute atomic E-state index is 0.105. The first-order valence-electron chi connectivity index (χ1n) is 6.26. The predicted octanol–water partition coefficient (Wildman–Crippen LogP) is 1.92. The van der Waals surface area contributed by atoms with E-state index in [1.165, 1.54) is 18.2 Å². The van der Waals surface area contributed by atoms with Gasteiger partial charge in [-0.05, 0) is 36.9 Å². The van der Waals surface area contributed by atoms with Crippen molar-refractivity contribution >= 4 is 23.4 Å². The second kappa shape index (κ2) is 6.36. The lowest BCUT2D eigenvalue weighted by Gasteiger charge is -2.09. The van der Waals surface area contributed by atoms with Gasteiger partial charge in [0, 0.05) is 10.6 Å². The van der Waals surface area contributed by atoms with Crippen LogP contribution in [-0.4, -0.2) is 27.4 Å². The summed E-state index contributed by atoms with van der Waals surface area (Å²) < 4.78 is 43.2. The van der Waals surface area contributed by atoms with Crippen molar-refractivity contribution in [1.82, 2.24) is 14.9 Å². The van der Waals surface area contributed by atoms with E-state index in [2.05, 4.69) is 10.2 Å². The predicted molar refractivity (Wildman–Crippen MR) is 76.1 cm³/mol. The second-order valence-corrected chi connectivity index (χ2v) is 5.26. The van der Waals surface area contributed by atoms with Crippen LogP contribution in [0.5, 0.6) is 0 Å². The van der Waals surface area contributed by atoms with Crippen LogP contribution >= 0.6 is 11.8 Å². The number of rotatable bonds is 4. The molecule has 0 saturated heterocycles. The number of carbonyl (C=O) groups excluding carboxylic acids is 1. The van der Waals surface area contributed by atoms with Gasteiger partial charge in [0.15, 0.2) is 0 Å². The largest absolute Gasteiger partial charge is 0.462 e. The van der Waals surface area contributed by atoms with E-state index in [0.717, 1.165) is 11.8 Å². The number of halogens is 3. The van der Waals surface area contributed by atoms with E-state index in [1.54, 1.807) is 6.92 Å². The van der Waals surface area contributed by atoms with Gasteiger partial charge in [-0.3, -0.25) is 0 Å². The fourth-order valence-electron chi connectivity index (χ4n) is 1.64. The molecule has 0 spiro atoms. The molecule has 0 radical (unpaired) electrons. The third kappa shape index (κ3) is 3.67. The number of anilines is 1. The SMILES string of the molecule is CCOC(=O)c1cc(N)ccc1Sc1nnc(C(F)(F)F)n1N. The van der Waals surface area contributed by atoms with Crippen molar-refractivity contribution in [2.24, 2.45) is 0 Å². The smallest absolute Gasteiger partial charge is 0.453 e. The number of nitrogens with two attached hydrogens (primary N) is 2. The molecule has 4 N–H and O–H groups in total. The maximum Gasteiger partial charge on any atom is 0.453 e. The molecule has 2 rings (SSSR count). The van der Waals surface area contributed by atoms with Crippen molar-refractivity contribution in [3.8, 4) is 0 Å². The fraction of sp³-hybridized carbons (Fsp3) is 0.250. The zero-order valence-corrected chi connectivity index (χ0v) is 12.6. The lowest BCUT2D eigenvalue weighted by atomic mass is 10.2. The highest BCUT2D eigenvalue weighted by Gasteiger charge is 2.38. The molecule has 1 aromatic heterocycles. The summed E-state index contributed by atoms with van der Waals surface area (Å²) in [5.74, 6) is 3.37. The van der Waals surface area contributed by atoms with Crippen LogP contribution in [0.4, 0.5) is 18.9 Å². The Labute approximate surface area is 132 Å². The highest BCUT2D eigenvalue weighted by molar-refractivity contribution is 7.99. The first kappa shape index (κ1) is 16.9. The van der Waals surface area contributed by atoms with Crippen LogP contribution in [0.3, 0.4) is 0 Å². The number of hydrogen-bond acceptors (Lipinski definition) is 7. The lowest BCUT2D eigenvalue weighted by Crippen LogP contribution is -2.21. The summed E-state index contributed by atoms with van der Waals surface area (Å²) in [6.45, 7) is 1.77. The van der Waals surface area contributed by atoms with E-state index < -0.39 is 18.0 Å². The Hall–Kier alpha value is -2.43. The molecule has 0 aliphatic carbocycles. The maximum absolute atomic E-state index is 12.7. The number of esters is 1. The van der Waals surface area contributed by atoms with Crippen molar-refractivity contribution in [1.29, 1.82) is 0 Å².